The third kappa shape index (κ3) is 4.46. The Morgan fingerprint density at radius 2 is 1.13 bits per heavy atom. The van der Waals surface area contributed by atoms with Crippen molar-refractivity contribution in [2.75, 3.05) is 9.80 Å². The van der Waals surface area contributed by atoms with E-state index in [4.69, 9.17) is 4.42 Å². The van der Waals surface area contributed by atoms with Crippen molar-refractivity contribution in [1.29, 1.82) is 0 Å². The first-order valence-corrected chi connectivity index (χ1v) is 16.3. The van der Waals surface area contributed by atoms with E-state index in [9.17, 15) is 0 Å². The number of anilines is 6. The van der Waals surface area contributed by atoms with Crippen LogP contribution in [0.2, 0.25) is 0 Å². The molecule has 2 heterocycles. The van der Waals surface area contributed by atoms with E-state index in [0.29, 0.717) is 0 Å². The second kappa shape index (κ2) is 11.0. The second-order valence-corrected chi connectivity index (χ2v) is 12.5. The first-order chi connectivity index (χ1) is 22.8. The molecule has 7 aromatic carbocycles. The van der Waals surface area contributed by atoms with E-state index in [-0.39, 0.29) is 0 Å². The Hall–Kier alpha value is -5.71. The maximum atomic E-state index is 6.47. The largest absolute Gasteiger partial charge is 0.454 e. The summed E-state index contributed by atoms with van der Waals surface area (Å²) in [7, 11) is 0. The molecule has 0 atom stereocenters. The molecule has 0 radical (unpaired) electrons. The molecule has 0 spiro atoms. The van der Waals surface area contributed by atoms with Crippen LogP contribution in [0.25, 0.3) is 33.1 Å². The van der Waals surface area contributed by atoms with Gasteiger partial charge in [0.2, 0.25) is 0 Å². The Morgan fingerprint density at radius 3 is 1.98 bits per heavy atom. The minimum absolute atomic E-state index is 0.881. The van der Waals surface area contributed by atoms with Crippen molar-refractivity contribution in [3.05, 3.63) is 170 Å². The average molecular weight is 609 g/mol. The van der Waals surface area contributed by atoms with E-state index in [1.807, 2.05) is 23.9 Å². The number of hydrogen-bond acceptors (Lipinski definition) is 4. The number of fused-ring (bicyclic) bond motifs is 5. The summed E-state index contributed by atoms with van der Waals surface area (Å²) >= 11 is 1.83. The van der Waals surface area contributed by atoms with Gasteiger partial charge in [-0.3, -0.25) is 0 Å². The van der Waals surface area contributed by atoms with Gasteiger partial charge in [0.1, 0.15) is 5.58 Å². The van der Waals surface area contributed by atoms with Crippen LogP contribution in [0, 0.1) is 0 Å². The summed E-state index contributed by atoms with van der Waals surface area (Å²) in [5, 5.41) is 2.24. The first kappa shape index (κ1) is 26.7. The van der Waals surface area contributed by atoms with Crippen molar-refractivity contribution < 1.29 is 4.42 Å². The third-order valence-electron chi connectivity index (χ3n) is 8.64. The fraction of sp³-hybridized carbons (Fsp3) is 0. The van der Waals surface area contributed by atoms with Crippen LogP contribution in [-0.2, 0) is 0 Å². The first-order valence-electron chi connectivity index (χ1n) is 15.4. The molecule has 0 amide bonds. The molecule has 0 saturated carbocycles. The van der Waals surface area contributed by atoms with E-state index < -0.39 is 0 Å². The van der Waals surface area contributed by atoms with Crippen molar-refractivity contribution in [3.63, 3.8) is 0 Å². The lowest BCUT2D eigenvalue weighted by Gasteiger charge is -2.33. The van der Waals surface area contributed by atoms with Crippen molar-refractivity contribution in [2.45, 2.75) is 9.79 Å². The van der Waals surface area contributed by atoms with Crippen LogP contribution in [0.5, 0.6) is 0 Å². The molecule has 218 valence electrons. The van der Waals surface area contributed by atoms with Crippen LogP contribution in [0.3, 0.4) is 0 Å². The van der Waals surface area contributed by atoms with Crippen LogP contribution in [0.15, 0.2) is 184 Å². The number of hydrogen-bond donors (Lipinski definition) is 0. The van der Waals surface area contributed by atoms with Crippen LogP contribution in [0.1, 0.15) is 0 Å². The van der Waals surface area contributed by atoms with Gasteiger partial charge in [-0.1, -0.05) is 109 Å². The zero-order chi connectivity index (χ0) is 30.5. The molecular formula is C42H28N2OS. The van der Waals surface area contributed by atoms with Gasteiger partial charge in [0.05, 0.1) is 17.1 Å². The van der Waals surface area contributed by atoms with Crippen LogP contribution in [-0.4, -0.2) is 0 Å². The summed E-state index contributed by atoms with van der Waals surface area (Å²) in [6.45, 7) is 0. The lowest BCUT2D eigenvalue weighted by atomic mass is 10.0. The molecule has 1 aromatic heterocycles. The Kier molecular flexibility index (Phi) is 6.39. The minimum Gasteiger partial charge on any atom is -0.454 e. The molecule has 8 aromatic rings. The fourth-order valence-electron chi connectivity index (χ4n) is 6.51. The van der Waals surface area contributed by atoms with Crippen molar-refractivity contribution in [2.24, 2.45) is 0 Å². The predicted molar refractivity (Wildman–Crippen MR) is 193 cm³/mol. The lowest BCUT2D eigenvalue weighted by molar-refractivity contribution is 0.669. The summed E-state index contributed by atoms with van der Waals surface area (Å²) in [6, 6.07) is 60.1. The molecule has 1 aliphatic rings. The summed E-state index contributed by atoms with van der Waals surface area (Å²) in [5.74, 6) is 0. The highest BCUT2D eigenvalue weighted by atomic mass is 32.2. The van der Waals surface area contributed by atoms with Crippen molar-refractivity contribution in [1.82, 2.24) is 0 Å². The van der Waals surface area contributed by atoms with E-state index in [2.05, 4.69) is 168 Å². The van der Waals surface area contributed by atoms with E-state index in [1.165, 1.54) is 32.3 Å². The fourth-order valence-corrected chi connectivity index (χ4v) is 7.60. The van der Waals surface area contributed by atoms with E-state index >= 15 is 0 Å². The summed E-state index contributed by atoms with van der Waals surface area (Å²) in [5.41, 5.74) is 10.9. The second-order valence-electron chi connectivity index (χ2n) is 11.4. The highest BCUT2D eigenvalue weighted by Crippen LogP contribution is 2.52. The zero-order valence-corrected chi connectivity index (χ0v) is 25.7. The van der Waals surface area contributed by atoms with Crippen LogP contribution >= 0.6 is 11.8 Å². The zero-order valence-electron chi connectivity index (χ0n) is 24.9. The predicted octanol–water partition coefficient (Wildman–Crippen LogP) is 12.7. The number of nitrogens with zero attached hydrogens (tertiary/aromatic N) is 2. The highest BCUT2D eigenvalue weighted by molar-refractivity contribution is 7.99. The molecule has 1 aliphatic heterocycles. The maximum absolute atomic E-state index is 6.47. The van der Waals surface area contributed by atoms with Crippen LogP contribution < -0.4 is 9.80 Å². The van der Waals surface area contributed by atoms with Crippen LogP contribution in [0.4, 0.5) is 34.1 Å². The van der Waals surface area contributed by atoms with Gasteiger partial charge in [-0.25, -0.2) is 0 Å². The van der Waals surface area contributed by atoms with Crippen molar-refractivity contribution in [3.8, 4) is 11.1 Å². The van der Waals surface area contributed by atoms with E-state index in [1.54, 1.807) is 0 Å². The van der Waals surface area contributed by atoms with E-state index in [0.717, 1.165) is 44.7 Å². The van der Waals surface area contributed by atoms with Gasteiger partial charge in [0.15, 0.2) is 5.58 Å². The number of benzene rings is 7. The molecule has 4 heteroatoms. The standard InChI is InChI=1S/C42H28N2OS/c1-3-12-31(13-4-1)43(38-19-11-17-35-34-16-7-9-20-39(34)45-42(35)38)33-25-22-29(23-26-33)30-24-27-37-41(28-30)46-40-21-10-8-18-36(40)44(37)32-14-5-2-6-15-32/h1-28H. The SMILES string of the molecule is c1ccc(N2c3ccccc3Sc3cc(-c4ccc(N(c5ccccc5)c5cccc6c5oc5ccccc56)cc4)ccc32)cc1. The molecule has 0 aliphatic carbocycles. The van der Waals surface area contributed by atoms with Gasteiger partial charge in [-0.15, -0.1) is 0 Å². The molecule has 3 nitrogen and oxygen atoms in total. The monoisotopic (exact) mass is 608 g/mol. The number of para-hydroxylation sites is 5. The van der Waals surface area contributed by atoms with Gasteiger partial charge in [-0.05, 0) is 83.9 Å². The smallest absolute Gasteiger partial charge is 0.159 e. The maximum Gasteiger partial charge on any atom is 0.159 e. The quantitative estimate of drug-likeness (QED) is 0.194. The molecule has 0 N–H and O–H groups in total. The van der Waals surface area contributed by atoms with Gasteiger partial charge in [-0.2, -0.15) is 0 Å². The van der Waals surface area contributed by atoms with Gasteiger partial charge in [0, 0.05) is 37.6 Å². The average Bonchev–Trinajstić information content (AvgIpc) is 3.51. The number of rotatable bonds is 5. The Morgan fingerprint density at radius 1 is 0.478 bits per heavy atom. The molecule has 46 heavy (non-hydrogen) atoms. The van der Waals surface area contributed by atoms with Gasteiger partial charge >= 0.3 is 0 Å². The molecule has 0 fully saturated rings. The van der Waals surface area contributed by atoms with Gasteiger partial charge < -0.3 is 14.2 Å². The molecular weight excluding hydrogens is 581 g/mol. The molecule has 0 unspecified atom stereocenters. The molecule has 0 saturated heterocycles. The Balaban J connectivity index is 1.12. The highest BCUT2D eigenvalue weighted by Gasteiger charge is 2.25. The topological polar surface area (TPSA) is 19.6 Å². The third-order valence-corrected chi connectivity index (χ3v) is 9.75. The number of furan rings is 1. The van der Waals surface area contributed by atoms with Gasteiger partial charge in [0.25, 0.3) is 0 Å². The summed E-state index contributed by atoms with van der Waals surface area (Å²) in [6.07, 6.45) is 0. The molecule has 0 bridgehead atoms. The Bertz CT molecular complexity index is 2350. The summed E-state index contributed by atoms with van der Waals surface area (Å²) < 4.78 is 6.47. The normalized spacial score (nSPS) is 12.2. The summed E-state index contributed by atoms with van der Waals surface area (Å²) in [4.78, 5) is 7.15. The molecule has 9 rings (SSSR count). The lowest BCUT2D eigenvalue weighted by Crippen LogP contribution is -2.14. The minimum atomic E-state index is 0.881. The van der Waals surface area contributed by atoms with Crippen molar-refractivity contribution >= 4 is 67.8 Å². The Labute approximate surface area is 272 Å².